The van der Waals surface area contributed by atoms with Crippen LogP contribution in [0.1, 0.15) is 11.1 Å². The van der Waals surface area contributed by atoms with E-state index in [1.165, 1.54) is 5.56 Å². The van der Waals surface area contributed by atoms with Crippen molar-refractivity contribution in [2.24, 2.45) is 7.05 Å². The van der Waals surface area contributed by atoms with E-state index in [0.717, 1.165) is 25.1 Å². The number of hydrogen-bond donors (Lipinski definition) is 2. The second-order valence-electron chi connectivity index (χ2n) is 4.46. The average molecular weight is 261 g/mol. The summed E-state index contributed by atoms with van der Waals surface area (Å²) >= 11 is 0. The minimum atomic E-state index is 0.168. The Kier molecular flexibility index (Phi) is 4.41. The lowest BCUT2D eigenvalue weighted by atomic mass is 10.2. The summed E-state index contributed by atoms with van der Waals surface area (Å²) in [6.07, 6.45) is 4.85. The molecular formula is C14H19N3O2. The summed E-state index contributed by atoms with van der Waals surface area (Å²) in [5, 5.41) is 17.0. The summed E-state index contributed by atoms with van der Waals surface area (Å²) in [4.78, 5) is 0. The predicted molar refractivity (Wildman–Crippen MR) is 73.3 cm³/mol. The normalized spacial score (nSPS) is 10.6. The summed E-state index contributed by atoms with van der Waals surface area (Å²) in [5.41, 5.74) is 2.30. The van der Waals surface area contributed by atoms with Gasteiger partial charge in [-0.3, -0.25) is 4.68 Å². The third kappa shape index (κ3) is 3.72. The molecule has 19 heavy (non-hydrogen) atoms. The summed E-state index contributed by atoms with van der Waals surface area (Å²) in [6.45, 7) is 1.63. The second kappa shape index (κ2) is 6.24. The van der Waals surface area contributed by atoms with Crippen LogP contribution < -0.4 is 10.1 Å². The van der Waals surface area contributed by atoms with Crippen molar-refractivity contribution < 1.29 is 9.84 Å². The summed E-state index contributed by atoms with van der Waals surface area (Å²) in [7, 11) is 3.47. The van der Waals surface area contributed by atoms with E-state index in [4.69, 9.17) is 4.74 Å². The van der Waals surface area contributed by atoms with E-state index in [9.17, 15) is 5.11 Å². The fourth-order valence-electron chi connectivity index (χ4n) is 1.90. The molecule has 1 aromatic heterocycles. The molecule has 0 bridgehead atoms. The Morgan fingerprint density at radius 1 is 1.37 bits per heavy atom. The lowest BCUT2D eigenvalue weighted by Crippen LogP contribution is -2.16. The molecular weight excluding hydrogens is 242 g/mol. The average Bonchev–Trinajstić information content (AvgIpc) is 2.82. The Bertz CT molecular complexity index is 537. The molecule has 0 fully saturated rings. The van der Waals surface area contributed by atoms with Gasteiger partial charge >= 0.3 is 0 Å². The van der Waals surface area contributed by atoms with Crippen LogP contribution in [0.5, 0.6) is 11.5 Å². The van der Waals surface area contributed by atoms with Gasteiger partial charge in [-0.15, -0.1) is 0 Å². The molecule has 1 aromatic carbocycles. The Morgan fingerprint density at radius 2 is 2.21 bits per heavy atom. The molecule has 0 unspecified atom stereocenters. The van der Waals surface area contributed by atoms with Crippen LogP contribution in [0, 0.1) is 0 Å². The Hall–Kier alpha value is -2.01. The van der Waals surface area contributed by atoms with Crippen LogP contribution in [0.15, 0.2) is 30.6 Å². The topological polar surface area (TPSA) is 59.3 Å². The van der Waals surface area contributed by atoms with Crippen molar-refractivity contribution in [3.63, 3.8) is 0 Å². The molecule has 0 aliphatic carbocycles. The van der Waals surface area contributed by atoms with E-state index in [-0.39, 0.29) is 5.75 Å². The Balaban J connectivity index is 1.79. The van der Waals surface area contributed by atoms with E-state index >= 15 is 0 Å². The first kappa shape index (κ1) is 13.4. The van der Waals surface area contributed by atoms with Crippen molar-refractivity contribution in [1.29, 1.82) is 0 Å². The maximum Gasteiger partial charge on any atom is 0.160 e. The standard InChI is InChI=1S/C14H19N3O2/c1-17-10-12(9-16-17)5-6-15-8-11-3-4-13(18)14(7-11)19-2/h3-4,7,9-10,15,18H,5-6,8H2,1-2H3. The molecule has 0 spiro atoms. The number of aryl methyl sites for hydroxylation is 1. The maximum absolute atomic E-state index is 9.50. The largest absolute Gasteiger partial charge is 0.504 e. The van der Waals surface area contributed by atoms with Gasteiger partial charge in [0.15, 0.2) is 11.5 Å². The number of rotatable bonds is 6. The van der Waals surface area contributed by atoms with Crippen LogP contribution in [-0.2, 0) is 20.0 Å². The number of benzene rings is 1. The van der Waals surface area contributed by atoms with Gasteiger partial charge in [0, 0.05) is 19.8 Å². The molecule has 0 saturated carbocycles. The van der Waals surface area contributed by atoms with Gasteiger partial charge in [0.25, 0.3) is 0 Å². The van der Waals surface area contributed by atoms with Gasteiger partial charge < -0.3 is 15.2 Å². The molecule has 1 heterocycles. The number of nitrogens with zero attached hydrogens (tertiary/aromatic N) is 2. The van der Waals surface area contributed by atoms with Gasteiger partial charge in [0.05, 0.1) is 13.3 Å². The van der Waals surface area contributed by atoms with Crippen molar-refractivity contribution in [3.05, 3.63) is 41.7 Å². The van der Waals surface area contributed by atoms with Crippen LogP contribution in [0.4, 0.5) is 0 Å². The van der Waals surface area contributed by atoms with Crippen LogP contribution in [-0.4, -0.2) is 28.5 Å². The summed E-state index contributed by atoms with van der Waals surface area (Å²) in [6, 6.07) is 5.37. The zero-order chi connectivity index (χ0) is 13.7. The highest BCUT2D eigenvalue weighted by Gasteiger charge is 2.02. The van der Waals surface area contributed by atoms with E-state index in [2.05, 4.69) is 10.4 Å². The van der Waals surface area contributed by atoms with E-state index in [0.29, 0.717) is 5.75 Å². The minimum absolute atomic E-state index is 0.168. The maximum atomic E-state index is 9.50. The molecule has 2 N–H and O–H groups in total. The fraction of sp³-hybridized carbons (Fsp3) is 0.357. The van der Waals surface area contributed by atoms with Gasteiger partial charge in [-0.2, -0.15) is 5.10 Å². The fourth-order valence-corrected chi connectivity index (χ4v) is 1.90. The van der Waals surface area contributed by atoms with Gasteiger partial charge in [-0.05, 0) is 36.2 Å². The van der Waals surface area contributed by atoms with E-state index in [1.807, 2.05) is 31.6 Å². The highest BCUT2D eigenvalue weighted by molar-refractivity contribution is 5.41. The lowest BCUT2D eigenvalue weighted by molar-refractivity contribution is 0.373. The van der Waals surface area contributed by atoms with Gasteiger partial charge in [-0.25, -0.2) is 0 Å². The zero-order valence-corrected chi connectivity index (χ0v) is 11.3. The third-order valence-corrected chi connectivity index (χ3v) is 2.92. The van der Waals surface area contributed by atoms with E-state index in [1.54, 1.807) is 17.9 Å². The third-order valence-electron chi connectivity index (χ3n) is 2.92. The zero-order valence-electron chi connectivity index (χ0n) is 11.3. The lowest BCUT2D eigenvalue weighted by Gasteiger charge is -2.07. The molecule has 0 radical (unpaired) electrons. The van der Waals surface area contributed by atoms with Crippen molar-refractivity contribution >= 4 is 0 Å². The van der Waals surface area contributed by atoms with Crippen molar-refractivity contribution in [3.8, 4) is 11.5 Å². The first-order valence-electron chi connectivity index (χ1n) is 6.23. The molecule has 2 rings (SSSR count). The highest BCUT2D eigenvalue weighted by Crippen LogP contribution is 2.26. The van der Waals surface area contributed by atoms with Crippen LogP contribution in [0.25, 0.3) is 0 Å². The summed E-state index contributed by atoms with van der Waals surface area (Å²) < 4.78 is 6.88. The van der Waals surface area contributed by atoms with Crippen molar-refractivity contribution in [1.82, 2.24) is 15.1 Å². The first-order valence-corrected chi connectivity index (χ1v) is 6.23. The van der Waals surface area contributed by atoms with Gasteiger partial charge in [-0.1, -0.05) is 6.07 Å². The first-order chi connectivity index (χ1) is 9.19. The predicted octanol–water partition coefficient (Wildman–Crippen LogP) is 1.47. The molecule has 0 atom stereocenters. The molecule has 102 valence electrons. The monoisotopic (exact) mass is 261 g/mol. The van der Waals surface area contributed by atoms with E-state index < -0.39 is 0 Å². The quantitative estimate of drug-likeness (QED) is 0.773. The minimum Gasteiger partial charge on any atom is -0.504 e. The smallest absolute Gasteiger partial charge is 0.160 e. The van der Waals surface area contributed by atoms with Crippen molar-refractivity contribution in [2.75, 3.05) is 13.7 Å². The Labute approximate surface area is 112 Å². The number of phenols is 1. The molecule has 0 aliphatic heterocycles. The van der Waals surface area contributed by atoms with Crippen molar-refractivity contribution in [2.45, 2.75) is 13.0 Å². The SMILES string of the molecule is COc1cc(CNCCc2cnn(C)c2)ccc1O. The molecule has 0 saturated heterocycles. The summed E-state index contributed by atoms with van der Waals surface area (Å²) in [5.74, 6) is 0.674. The number of aromatic hydroxyl groups is 1. The second-order valence-corrected chi connectivity index (χ2v) is 4.46. The molecule has 2 aromatic rings. The number of methoxy groups -OCH3 is 1. The number of aromatic nitrogens is 2. The molecule has 5 heteroatoms. The molecule has 5 nitrogen and oxygen atoms in total. The van der Waals surface area contributed by atoms with Crippen LogP contribution in [0.3, 0.4) is 0 Å². The molecule has 0 amide bonds. The molecule has 0 aliphatic rings. The Morgan fingerprint density at radius 3 is 2.89 bits per heavy atom. The van der Waals surface area contributed by atoms with Gasteiger partial charge in [0.1, 0.15) is 0 Å². The van der Waals surface area contributed by atoms with Crippen LogP contribution in [0.2, 0.25) is 0 Å². The van der Waals surface area contributed by atoms with Crippen LogP contribution >= 0.6 is 0 Å². The highest BCUT2D eigenvalue weighted by atomic mass is 16.5. The van der Waals surface area contributed by atoms with Gasteiger partial charge in [0.2, 0.25) is 0 Å². The number of hydrogen-bond acceptors (Lipinski definition) is 4. The number of nitrogens with one attached hydrogen (secondary N) is 1. The number of phenolic OH excluding ortho intramolecular Hbond substituents is 1. The number of ether oxygens (including phenoxy) is 1.